The van der Waals surface area contributed by atoms with Crippen molar-refractivity contribution in [2.75, 3.05) is 18.1 Å². The predicted octanol–water partition coefficient (Wildman–Crippen LogP) is 5.47. The van der Waals surface area contributed by atoms with E-state index < -0.39 is 23.7 Å². The van der Waals surface area contributed by atoms with Crippen LogP contribution in [0.15, 0.2) is 60.2 Å². The molecule has 1 aliphatic rings. The minimum Gasteiger partial charge on any atom is -0.507 e. The molecule has 4 rings (SSSR count). The number of aryl methyl sites for hydroxylation is 1. The standard InChI is InChI=1S/C29H30N2O6S/c1-5-16-37-21-14-12-20(13-15-21)24(32)22-23(17(3)19-10-8-7-9-11-19)31(27(34)25(22)33)29-30-18(4)26(38-29)28(35)36-6-2/h7-15,17,23,32H,5-6,16H2,1-4H3/b24-22+. The van der Waals surface area contributed by atoms with E-state index in [1.54, 1.807) is 38.1 Å². The Morgan fingerprint density at radius 3 is 2.42 bits per heavy atom. The summed E-state index contributed by atoms with van der Waals surface area (Å²) >= 11 is 0.993. The minimum absolute atomic E-state index is 0.0147. The molecule has 0 aliphatic carbocycles. The molecule has 1 fully saturated rings. The van der Waals surface area contributed by atoms with Crippen molar-refractivity contribution in [3.05, 3.63) is 81.9 Å². The largest absolute Gasteiger partial charge is 0.507 e. The normalized spacial score (nSPS) is 17.5. The summed E-state index contributed by atoms with van der Waals surface area (Å²) in [6.07, 6.45) is 0.858. The van der Waals surface area contributed by atoms with Crippen LogP contribution in [0.2, 0.25) is 0 Å². The Balaban J connectivity index is 1.83. The van der Waals surface area contributed by atoms with Gasteiger partial charge in [0.15, 0.2) is 5.13 Å². The Morgan fingerprint density at radius 1 is 1.11 bits per heavy atom. The van der Waals surface area contributed by atoms with E-state index in [9.17, 15) is 19.5 Å². The van der Waals surface area contributed by atoms with E-state index in [1.807, 2.05) is 44.2 Å². The smallest absolute Gasteiger partial charge is 0.350 e. The lowest BCUT2D eigenvalue weighted by atomic mass is 9.87. The average Bonchev–Trinajstić information content (AvgIpc) is 3.44. The van der Waals surface area contributed by atoms with Gasteiger partial charge in [-0.1, -0.05) is 55.5 Å². The molecule has 2 heterocycles. The lowest BCUT2D eigenvalue weighted by Gasteiger charge is -2.28. The van der Waals surface area contributed by atoms with Gasteiger partial charge in [-0.25, -0.2) is 9.78 Å². The van der Waals surface area contributed by atoms with Crippen molar-refractivity contribution >= 4 is 39.9 Å². The second-order valence-electron chi connectivity index (χ2n) is 8.92. The summed E-state index contributed by atoms with van der Waals surface area (Å²) in [6, 6.07) is 15.3. The maximum absolute atomic E-state index is 13.4. The molecule has 2 unspecified atom stereocenters. The maximum atomic E-state index is 13.4. The molecule has 1 aliphatic heterocycles. The number of thiazole rings is 1. The van der Waals surface area contributed by atoms with Crippen LogP contribution in [0.4, 0.5) is 5.13 Å². The zero-order valence-corrected chi connectivity index (χ0v) is 22.6. The first-order valence-corrected chi connectivity index (χ1v) is 13.3. The van der Waals surface area contributed by atoms with E-state index >= 15 is 0 Å². The summed E-state index contributed by atoms with van der Waals surface area (Å²) in [4.78, 5) is 45.4. The van der Waals surface area contributed by atoms with E-state index in [0.717, 1.165) is 23.3 Å². The highest BCUT2D eigenvalue weighted by Gasteiger charge is 2.50. The van der Waals surface area contributed by atoms with Crippen molar-refractivity contribution in [1.82, 2.24) is 4.98 Å². The van der Waals surface area contributed by atoms with Crippen LogP contribution in [0.1, 0.15) is 59.6 Å². The van der Waals surface area contributed by atoms with Crippen LogP contribution in [0.3, 0.4) is 0 Å². The molecule has 1 N–H and O–H groups in total. The van der Waals surface area contributed by atoms with Crippen LogP contribution in [0, 0.1) is 6.92 Å². The van der Waals surface area contributed by atoms with E-state index in [-0.39, 0.29) is 33.9 Å². The number of ketones is 1. The Kier molecular flexibility index (Phi) is 8.26. The van der Waals surface area contributed by atoms with Crippen LogP contribution in [-0.2, 0) is 14.3 Å². The van der Waals surface area contributed by atoms with Gasteiger partial charge >= 0.3 is 11.9 Å². The third kappa shape index (κ3) is 5.19. The first-order chi connectivity index (χ1) is 18.3. The zero-order chi connectivity index (χ0) is 27.4. The predicted molar refractivity (Wildman–Crippen MR) is 146 cm³/mol. The zero-order valence-electron chi connectivity index (χ0n) is 21.8. The Hall–Kier alpha value is -3.98. The van der Waals surface area contributed by atoms with Crippen molar-refractivity contribution in [3.8, 4) is 5.75 Å². The monoisotopic (exact) mass is 534 g/mol. The van der Waals surface area contributed by atoms with Crippen molar-refractivity contribution in [2.24, 2.45) is 0 Å². The van der Waals surface area contributed by atoms with Gasteiger partial charge in [-0.3, -0.25) is 14.5 Å². The Labute approximate surface area is 225 Å². The molecule has 9 heteroatoms. The molecule has 0 saturated carbocycles. The number of Topliss-reactive ketones (excluding diaryl/α,β-unsaturated/α-hetero) is 1. The molecular weight excluding hydrogens is 504 g/mol. The second-order valence-corrected chi connectivity index (χ2v) is 9.89. The van der Waals surface area contributed by atoms with Gasteiger partial charge in [0.1, 0.15) is 16.4 Å². The van der Waals surface area contributed by atoms with Crippen molar-refractivity contribution in [1.29, 1.82) is 0 Å². The van der Waals surface area contributed by atoms with Gasteiger partial charge in [0.25, 0.3) is 5.78 Å². The van der Waals surface area contributed by atoms with Gasteiger partial charge in [-0.05, 0) is 50.1 Å². The van der Waals surface area contributed by atoms with Gasteiger partial charge in [-0.2, -0.15) is 0 Å². The molecule has 2 aromatic carbocycles. The molecule has 1 aromatic heterocycles. The summed E-state index contributed by atoms with van der Waals surface area (Å²) in [7, 11) is 0. The fraction of sp³-hybridized carbons (Fsp3) is 0.310. The topological polar surface area (TPSA) is 106 Å². The highest BCUT2D eigenvalue weighted by Crippen LogP contribution is 2.41. The van der Waals surface area contributed by atoms with Gasteiger partial charge in [0.2, 0.25) is 0 Å². The third-order valence-electron chi connectivity index (χ3n) is 6.34. The van der Waals surface area contributed by atoms with Gasteiger partial charge < -0.3 is 14.6 Å². The van der Waals surface area contributed by atoms with Crippen LogP contribution in [-0.4, -0.2) is 47.0 Å². The molecule has 1 amide bonds. The van der Waals surface area contributed by atoms with Gasteiger partial charge in [0, 0.05) is 11.5 Å². The number of aliphatic hydroxyl groups excluding tert-OH is 1. The lowest BCUT2D eigenvalue weighted by Crippen LogP contribution is -2.37. The summed E-state index contributed by atoms with van der Waals surface area (Å²) in [5.41, 5.74) is 1.65. The number of carbonyl (C=O) groups excluding carboxylic acids is 3. The summed E-state index contributed by atoms with van der Waals surface area (Å²) in [5, 5.41) is 11.6. The van der Waals surface area contributed by atoms with Gasteiger partial charge in [0.05, 0.1) is 30.5 Å². The van der Waals surface area contributed by atoms with Crippen LogP contribution in [0.5, 0.6) is 5.75 Å². The number of aliphatic hydroxyl groups is 1. The molecule has 38 heavy (non-hydrogen) atoms. The maximum Gasteiger partial charge on any atom is 0.350 e. The number of carbonyl (C=O) groups is 3. The SMILES string of the molecule is CCCOc1ccc(/C(O)=C2\C(=O)C(=O)N(c3nc(C)c(C(=O)OCC)s3)C2C(C)c2ccccc2)cc1. The van der Waals surface area contributed by atoms with E-state index in [4.69, 9.17) is 9.47 Å². The number of hydrogen-bond acceptors (Lipinski definition) is 8. The number of benzene rings is 2. The summed E-state index contributed by atoms with van der Waals surface area (Å²) in [6.45, 7) is 8.01. The number of hydrogen-bond donors (Lipinski definition) is 1. The Bertz CT molecular complexity index is 1360. The molecule has 1 saturated heterocycles. The molecule has 0 bridgehead atoms. The lowest BCUT2D eigenvalue weighted by molar-refractivity contribution is -0.132. The quantitative estimate of drug-likeness (QED) is 0.168. The van der Waals surface area contributed by atoms with Crippen LogP contribution in [0.25, 0.3) is 5.76 Å². The molecule has 198 valence electrons. The molecular formula is C29H30N2O6S. The average molecular weight is 535 g/mol. The molecule has 8 nitrogen and oxygen atoms in total. The van der Waals surface area contributed by atoms with Crippen molar-refractivity contribution in [3.63, 3.8) is 0 Å². The molecule has 3 aromatic rings. The Morgan fingerprint density at radius 2 is 1.79 bits per heavy atom. The third-order valence-corrected chi connectivity index (χ3v) is 7.48. The fourth-order valence-corrected chi connectivity index (χ4v) is 5.43. The second kappa shape index (κ2) is 11.6. The number of ether oxygens (including phenoxy) is 2. The molecule has 2 atom stereocenters. The number of anilines is 1. The fourth-order valence-electron chi connectivity index (χ4n) is 4.44. The number of rotatable bonds is 9. The van der Waals surface area contributed by atoms with E-state index in [1.165, 1.54) is 4.90 Å². The van der Waals surface area contributed by atoms with Crippen LogP contribution >= 0.6 is 11.3 Å². The minimum atomic E-state index is -0.853. The number of aromatic nitrogens is 1. The summed E-state index contributed by atoms with van der Waals surface area (Å²) in [5.74, 6) is -2.18. The number of nitrogens with zero attached hydrogens (tertiary/aromatic N) is 2. The molecule has 0 spiro atoms. The van der Waals surface area contributed by atoms with Crippen LogP contribution < -0.4 is 9.64 Å². The highest BCUT2D eigenvalue weighted by atomic mass is 32.1. The molecule has 0 radical (unpaired) electrons. The summed E-state index contributed by atoms with van der Waals surface area (Å²) < 4.78 is 10.8. The first-order valence-electron chi connectivity index (χ1n) is 12.5. The van der Waals surface area contributed by atoms with Gasteiger partial charge in [-0.15, -0.1) is 0 Å². The van der Waals surface area contributed by atoms with E-state index in [0.29, 0.717) is 23.6 Å². The highest BCUT2D eigenvalue weighted by molar-refractivity contribution is 7.17. The van der Waals surface area contributed by atoms with Crippen molar-refractivity contribution in [2.45, 2.75) is 46.1 Å². The number of esters is 1. The van der Waals surface area contributed by atoms with Crippen molar-refractivity contribution < 1.29 is 29.0 Å². The number of amides is 1. The first kappa shape index (κ1) is 27.1. The van der Waals surface area contributed by atoms with E-state index in [2.05, 4.69) is 4.98 Å².